The van der Waals surface area contributed by atoms with Gasteiger partial charge in [0.2, 0.25) is 5.91 Å². The van der Waals surface area contributed by atoms with E-state index in [1.54, 1.807) is 24.3 Å². The van der Waals surface area contributed by atoms with Crippen molar-refractivity contribution < 1.29 is 18.8 Å². The Morgan fingerprint density at radius 2 is 2.03 bits per heavy atom. The number of benzene rings is 2. The first-order valence-corrected chi connectivity index (χ1v) is 11.4. The minimum Gasteiger partial charge on any atom is -0.376 e. The third kappa shape index (κ3) is 4.37. The Hall–Kier alpha value is -3.20. The van der Waals surface area contributed by atoms with Crippen LogP contribution in [0.2, 0.25) is 0 Å². The number of non-ortho nitro benzene ring substituents is 1. The number of anilines is 2. The van der Waals surface area contributed by atoms with Crippen molar-refractivity contribution in [1.29, 1.82) is 0 Å². The summed E-state index contributed by atoms with van der Waals surface area (Å²) in [6, 6.07) is 11.2. The van der Waals surface area contributed by atoms with Crippen LogP contribution < -0.4 is 15.1 Å². The van der Waals surface area contributed by atoms with Crippen molar-refractivity contribution in [2.24, 2.45) is 5.92 Å². The van der Waals surface area contributed by atoms with Gasteiger partial charge in [0.05, 0.1) is 23.0 Å². The molecule has 5 rings (SSSR count). The van der Waals surface area contributed by atoms with Crippen molar-refractivity contribution >= 4 is 23.0 Å². The van der Waals surface area contributed by atoms with E-state index >= 15 is 0 Å². The molecular formula is C24H27FN4O4. The van der Waals surface area contributed by atoms with E-state index in [9.17, 15) is 19.3 Å². The smallest absolute Gasteiger partial charge is 0.269 e. The number of carbonyl (C=O) groups excluding carboxylic acids is 1. The van der Waals surface area contributed by atoms with Gasteiger partial charge in [-0.05, 0) is 55.2 Å². The summed E-state index contributed by atoms with van der Waals surface area (Å²) in [6.07, 6.45) is 2.43. The van der Waals surface area contributed by atoms with E-state index in [0.29, 0.717) is 32.6 Å². The van der Waals surface area contributed by atoms with Crippen LogP contribution >= 0.6 is 0 Å². The largest absolute Gasteiger partial charge is 0.376 e. The van der Waals surface area contributed by atoms with E-state index < -0.39 is 4.92 Å². The number of amides is 1. The van der Waals surface area contributed by atoms with Gasteiger partial charge in [-0.25, -0.2) is 4.39 Å². The molecule has 1 amide bonds. The highest BCUT2D eigenvalue weighted by Gasteiger charge is 2.42. The number of nitro groups is 1. The molecule has 3 heterocycles. The second kappa shape index (κ2) is 8.97. The first-order chi connectivity index (χ1) is 16.0. The summed E-state index contributed by atoms with van der Waals surface area (Å²) < 4.78 is 19.1. The summed E-state index contributed by atoms with van der Waals surface area (Å²) in [4.78, 5) is 28.6. The fourth-order valence-corrected chi connectivity index (χ4v) is 5.26. The molecule has 0 saturated carbocycles. The van der Waals surface area contributed by atoms with E-state index in [1.165, 1.54) is 18.2 Å². The van der Waals surface area contributed by atoms with E-state index in [4.69, 9.17) is 4.74 Å². The monoisotopic (exact) mass is 454 g/mol. The van der Waals surface area contributed by atoms with Gasteiger partial charge in [-0.3, -0.25) is 14.9 Å². The Morgan fingerprint density at radius 1 is 1.21 bits per heavy atom. The van der Waals surface area contributed by atoms with Crippen LogP contribution in [0, 0.1) is 21.8 Å². The first-order valence-electron chi connectivity index (χ1n) is 11.4. The predicted octanol–water partition coefficient (Wildman–Crippen LogP) is 2.90. The summed E-state index contributed by atoms with van der Waals surface area (Å²) in [5, 5.41) is 14.4. The van der Waals surface area contributed by atoms with E-state index in [0.717, 1.165) is 36.4 Å². The highest BCUT2D eigenvalue weighted by atomic mass is 19.1. The molecule has 174 valence electrons. The van der Waals surface area contributed by atoms with Gasteiger partial charge in [0.25, 0.3) is 5.69 Å². The van der Waals surface area contributed by atoms with Gasteiger partial charge in [-0.15, -0.1) is 0 Å². The zero-order valence-electron chi connectivity index (χ0n) is 18.3. The Balaban J connectivity index is 1.41. The molecule has 0 unspecified atom stereocenters. The highest BCUT2D eigenvalue weighted by molar-refractivity contribution is 5.82. The average Bonchev–Trinajstić information content (AvgIpc) is 3.35. The fraction of sp³-hybridized carbons (Fsp3) is 0.458. The van der Waals surface area contributed by atoms with Gasteiger partial charge < -0.3 is 19.9 Å². The molecule has 3 aliphatic heterocycles. The molecule has 2 saturated heterocycles. The second-order valence-corrected chi connectivity index (χ2v) is 8.94. The molecule has 0 radical (unpaired) electrons. The maximum atomic E-state index is 13.4. The van der Waals surface area contributed by atoms with E-state index in [1.807, 2.05) is 0 Å². The quantitative estimate of drug-likeness (QED) is 0.552. The van der Waals surface area contributed by atoms with Gasteiger partial charge in [-0.1, -0.05) is 0 Å². The lowest BCUT2D eigenvalue weighted by molar-refractivity contribution is -0.384. The predicted molar refractivity (Wildman–Crippen MR) is 122 cm³/mol. The van der Waals surface area contributed by atoms with Crippen molar-refractivity contribution in [2.75, 3.05) is 42.6 Å². The van der Waals surface area contributed by atoms with Crippen LogP contribution in [0.1, 0.15) is 18.4 Å². The third-order valence-electron chi connectivity index (χ3n) is 6.96. The zero-order chi connectivity index (χ0) is 22.9. The molecule has 0 bridgehead atoms. The van der Waals surface area contributed by atoms with Crippen molar-refractivity contribution in [1.82, 2.24) is 5.32 Å². The molecule has 2 fully saturated rings. The summed E-state index contributed by atoms with van der Waals surface area (Å²) in [7, 11) is 0. The molecule has 9 heteroatoms. The summed E-state index contributed by atoms with van der Waals surface area (Å²) in [5.74, 6) is -0.695. The molecule has 33 heavy (non-hydrogen) atoms. The average molecular weight is 455 g/mol. The number of hydrogen-bond acceptors (Lipinski definition) is 6. The van der Waals surface area contributed by atoms with Crippen LogP contribution in [0.15, 0.2) is 42.5 Å². The molecule has 2 aromatic carbocycles. The number of nitrogens with one attached hydrogen (secondary N) is 1. The molecule has 0 aliphatic carbocycles. The molecule has 0 aromatic heterocycles. The van der Waals surface area contributed by atoms with E-state index in [-0.39, 0.29) is 35.5 Å². The minimum absolute atomic E-state index is 0.0376. The lowest BCUT2D eigenvalue weighted by Crippen LogP contribution is -2.61. The van der Waals surface area contributed by atoms with Gasteiger partial charge in [0, 0.05) is 56.3 Å². The number of rotatable bonds is 5. The van der Waals surface area contributed by atoms with Gasteiger partial charge >= 0.3 is 0 Å². The molecule has 0 spiro atoms. The SMILES string of the molecule is O=C(NC[C@@H]1CCCO1)[C@H]1Cc2cc([N+](=O)[O-])ccc2N2CCN(c3ccc(F)cc3)C[C@@H]12. The summed E-state index contributed by atoms with van der Waals surface area (Å²) in [5.41, 5.74) is 2.74. The number of fused-ring (bicyclic) bond motifs is 3. The molecule has 2 aromatic rings. The number of halogens is 1. The maximum absolute atomic E-state index is 13.4. The number of ether oxygens (including phenoxy) is 1. The Kier molecular flexibility index (Phi) is 5.88. The first kappa shape index (κ1) is 21.6. The van der Waals surface area contributed by atoms with Crippen molar-refractivity contribution in [3.63, 3.8) is 0 Å². The van der Waals surface area contributed by atoms with Crippen molar-refractivity contribution in [2.45, 2.75) is 31.4 Å². The van der Waals surface area contributed by atoms with Crippen molar-refractivity contribution in [3.8, 4) is 0 Å². The van der Waals surface area contributed by atoms with Gasteiger partial charge in [0.15, 0.2) is 0 Å². The van der Waals surface area contributed by atoms with Crippen LogP contribution in [-0.2, 0) is 16.0 Å². The van der Waals surface area contributed by atoms with Crippen LogP contribution in [-0.4, -0.2) is 55.8 Å². The lowest BCUT2D eigenvalue weighted by atomic mass is 9.83. The summed E-state index contributed by atoms with van der Waals surface area (Å²) >= 11 is 0. The molecule has 3 atom stereocenters. The second-order valence-electron chi connectivity index (χ2n) is 8.94. The topological polar surface area (TPSA) is 87.9 Å². The zero-order valence-corrected chi connectivity index (χ0v) is 18.3. The van der Waals surface area contributed by atoms with E-state index in [2.05, 4.69) is 15.1 Å². The minimum atomic E-state index is -0.397. The Morgan fingerprint density at radius 3 is 2.76 bits per heavy atom. The van der Waals surface area contributed by atoms with Gasteiger partial charge in [-0.2, -0.15) is 0 Å². The van der Waals surface area contributed by atoms with Crippen LogP contribution in [0.5, 0.6) is 0 Å². The molecule has 1 N–H and O–H groups in total. The number of nitro benzene ring substituents is 1. The molecule has 8 nitrogen and oxygen atoms in total. The van der Waals surface area contributed by atoms with Crippen LogP contribution in [0.25, 0.3) is 0 Å². The Bertz CT molecular complexity index is 1040. The third-order valence-corrected chi connectivity index (χ3v) is 6.96. The lowest BCUT2D eigenvalue weighted by Gasteiger charge is -2.49. The number of hydrogen-bond donors (Lipinski definition) is 1. The Labute approximate surface area is 191 Å². The number of piperazine rings is 1. The molecular weight excluding hydrogens is 427 g/mol. The van der Waals surface area contributed by atoms with Crippen LogP contribution in [0.4, 0.5) is 21.5 Å². The normalized spacial score (nSPS) is 24.2. The number of carbonyl (C=O) groups is 1. The standard InChI is InChI=1S/C24H27FN4O4/c25-17-3-5-18(6-4-17)27-9-10-28-22-8-7-19(29(31)32)12-16(22)13-21(23(28)15-27)24(30)26-14-20-2-1-11-33-20/h3-8,12,20-21,23H,1-2,9-11,13-15H2,(H,26,30)/t20-,21-,23-/m0/s1. The van der Waals surface area contributed by atoms with Gasteiger partial charge in [0.1, 0.15) is 5.82 Å². The maximum Gasteiger partial charge on any atom is 0.269 e. The van der Waals surface area contributed by atoms with Crippen LogP contribution in [0.3, 0.4) is 0 Å². The summed E-state index contributed by atoms with van der Waals surface area (Å²) in [6.45, 7) is 3.20. The number of nitrogens with zero attached hydrogens (tertiary/aromatic N) is 3. The fourth-order valence-electron chi connectivity index (χ4n) is 5.26. The van der Waals surface area contributed by atoms with Crippen molar-refractivity contribution in [3.05, 3.63) is 64.0 Å². The molecule has 3 aliphatic rings. The highest BCUT2D eigenvalue weighted by Crippen LogP contribution is 2.38.